The summed E-state index contributed by atoms with van der Waals surface area (Å²) in [5.41, 5.74) is 7.03. The fraction of sp³-hybridized carbons (Fsp3) is 0.636. The van der Waals surface area contributed by atoms with E-state index in [4.69, 9.17) is 5.73 Å². The third kappa shape index (κ3) is 2.65. The Hall–Kier alpha value is -1.16. The number of aromatic nitrogens is 2. The molecular weight excluding hydrogens is 188 g/mol. The van der Waals surface area contributed by atoms with Gasteiger partial charge in [-0.15, -0.1) is 0 Å². The van der Waals surface area contributed by atoms with Crippen LogP contribution in [0.5, 0.6) is 0 Å². The van der Waals surface area contributed by atoms with E-state index in [0.717, 1.165) is 18.5 Å². The number of hydrogen-bond donors (Lipinski definition) is 2. The van der Waals surface area contributed by atoms with E-state index in [-0.39, 0.29) is 6.04 Å². The summed E-state index contributed by atoms with van der Waals surface area (Å²) in [6.07, 6.45) is 6.49. The Morgan fingerprint density at radius 1 is 1.40 bits per heavy atom. The number of nitrogens with one attached hydrogen (secondary N) is 1. The summed E-state index contributed by atoms with van der Waals surface area (Å²) in [7, 11) is 0. The van der Waals surface area contributed by atoms with E-state index in [9.17, 15) is 0 Å². The lowest BCUT2D eigenvalue weighted by molar-refractivity contribution is 0.402. The SMILES string of the molecule is Cc1ccnc(N[C@@H]2CCCC[C@@H]2N)n1. The highest BCUT2D eigenvalue weighted by Gasteiger charge is 2.21. The summed E-state index contributed by atoms with van der Waals surface area (Å²) < 4.78 is 0. The minimum Gasteiger partial charge on any atom is -0.350 e. The summed E-state index contributed by atoms with van der Waals surface area (Å²) >= 11 is 0. The molecule has 82 valence electrons. The lowest BCUT2D eigenvalue weighted by Crippen LogP contribution is -2.42. The van der Waals surface area contributed by atoms with Gasteiger partial charge in [0, 0.05) is 24.0 Å². The van der Waals surface area contributed by atoms with E-state index in [1.807, 2.05) is 13.0 Å². The first-order chi connectivity index (χ1) is 7.25. The largest absolute Gasteiger partial charge is 0.350 e. The fourth-order valence-electron chi connectivity index (χ4n) is 2.02. The van der Waals surface area contributed by atoms with Gasteiger partial charge in [-0.1, -0.05) is 12.8 Å². The van der Waals surface area contributed by atoms with Crippen LogP contribution in [0, 0.1) is 6.92 Å². The monoisotopic (exact) mass is 206 g/mol. The van der Waals surface area contributed by atoms with Gasteiger partial charge in [-0.2, -0.15) is 0 Å². The number of hydrogen-bond acceptors (Lipinski definition) is 4. The van der Waals surface area contributed by atoms with Crippen molar-refractivity contribution in [2.75, 3.05) is 5.32 Å². The molecule has 1 heterocycles. The normalized spacial score (nSPS) is 26.3. The maximum Gasteiger partial charge on any atom is 0.223 e. The van der Waals surface area contributed by atoms with Crippen LogP contribution in [-0.2, 0) is 0 Å². The molecule has 1 saturated carbocycles. The summed E-state index contributed by atoms with van der Waals surface area (Å²) in [6, 6.07) is 2.47. The lowest BCUT2D eigenvalue weighted by Gasteiger charge is -2.29. The molecule has 0 bridgehead atoms. The van der Waals surface area contributed by atoms with Crippen molar-refractivity contribution >= 4 is 5.95 Å². The molecule has 4 nitrogen and oxygen atoms in total. The van der Waals surface area contributed by atoms with Gasteiger partial charge in [0.05, 0.1) is 0 Å². The summed E-state index contributed by atoms with van der Waals surface area (Å²) in [5, 5.41) is 3.32. The third-order valence-corrected chi connectivity index (χ3v) is 2.93. The molecule has 1 aromatic rings. The number of nitrogens with zero attached hydrogens (tertiary/aromatic N) is 2. The molecule has 0 amide bonds. The number of rotatable bonds is 2. The van der Waals surface area contributed by atoms with Gasteiger partial charge in [0.1, 0.15) is 0 Å². The standard InChI is InChI=1S/C11H18N4/c1-8-6-7-13-11(14-8)15-10-5-3-2-4-9(10)12/h6-7,9-10H,2-5,12H2,1H3,(H,13,14,15)/t9-,10+/m0/s1. The first-order valence-corrected chi connectivity index (χ1v) is 5.57. The van der Waals surface area contributed by atoms with E-state index in [2.05, 4.69) is 15.3 Å². The van der Waals surface area contributed by atoms with E-state index in [0.29, 0.717) is 12.0 Å². The van der Waals surface area contributed by atoms with E-state index >= 15 is 0 Å². The highest BCUT2D eigenvalue weighted by molar-refractivity contribution is 5.27. The van der Waals surface area contributed by atoms with Crippen LogP contribution in [-0.4, -0.2) is 22.1 Å². The number of nitrogens with two attached hydrogens (primary N) is 1. The third-order valence-electron chi connectivity index (χ3n) is 2.93. The predicted octanol–water partition coefficient (Wildman–Crippen LogP) is 1.47. The molecule has 0 radical (unpaired) electrons. The van der Waals surface area contributed by atoms with Crippen LogP contribution in [0.1, 0.15) is 31.4 Å². The molecule has 0 aliphatic heterocycles. The number of anilines is 1. The van der Waals surface area contributed by atoms with Crippen LogP contribution < -0.4 is 11.1 Å². The van der Waals surface area contributed by atoms with Gasteiger partial charge in [-0.05, 0) is 25.8 Å². The second kappa shape index (κ2) is 4.57. The smallest absolute Gasteiger partial charge is 0.223 e. The Kier molecular flexibility index (Phi) is 3.16. The molecule has 0 spiro atoms. The predicted molar refractivity (Wildman–Crippen MR) is 60.6 cm³/mol. The van der Waals surface area contributed by atoms with Crippen LogP contribution in [0.3, 0.4) is 0 Å². The Morgan fingerprint density at radius 2 is 2.20 bits per heavy atom. The Morgan fingerprint density at radius 3 is 2.93 bits per heavy atom. The fourth-order valence-corrected chi connectivity index (χ4v) is 2.02. The number of aryl methyl sites for hydroxylation is 1. The van der Waals surface area contributed by atoms with Crippen LogP contribution in [0.25, 0.3) is 0 Å². The van der Waals surface area contributed by atoms with Crippen molar-refractivity contribution in [3.63, 3.8) is 0 Å². The molecule has 0 unspecified atom stereocenters. The molecule has 0 saturated heterocycles. The molecule has 1 aliphatic carbocycles. The molecule has 3 N–H and O–H groups in total. The molecule has 1 fully saturated rings. The van der Waals surface area contributed by atoms with Crippen molar-refractivity contribution in [1.82, 2.24) is 9.97 Å². The van der Waals surface area contributed by atoms with Crippen LogP contribution in [0.2, 0.25) is 0 Å². The molecule has 4 heteroatoms. The maximum atomic E-state index is 6.05. The van der Waals surface area contributed by atoms with E-state index in [1.54, 1.807) is 6.20 Å². The Labute approximate surface area is 90.3 Å². The van der Waals surface area contributed by atoms with E-state index < -0.39 is 0 Å². The van der Waals surface area contributed by atoms with Gasteiger partial charge in [-0.25, -0.2) is 9.97 Å². The first-order valence-electron chi connectivity index (χ1n) is 5.57. The maximum absolute atomic E-state index is 6.05. The van der Waals surface area contributed by atoms with Gasteiger partial charge >= 0.3 is 0 Å². The van der Waals surface area contributed by atoms with Gasteiger partial charge in [0.15, 0.2) is 0 Å². The van der Waals surface area contributed by atoms with Gasteiger partial charge in [-0.3, -0.25) is 0 Å². The van der Waals surface area contributed by atoms with Crippen molar-refractivity contribution in [2.24, 2.45) is 5.73 Å². The molecule has 15 heavy (non-hydrogen) atoms. The minimum absolute atomic E-state index is 0.239. The molecule has 0 aromatic carbocycles. The molecule has 1 aromatic heterocycles. The van der Waals surface area contributed by atoms with Gasteiger partial charge < -0.3 is 11.1 Å². The second-order valence-corrected chi connectivity index (χ2v) is 4.22. The zero-order chi connectivity index (χ0) is 10.7. The average molecular weight is 206 g/mol. The average Bonchev–Trinajstić information content (AvgIpc) is 2.22. The Bertz CT molecular complexity index is 326. The second-order valence-electron chi connectivity index (χ2n) is 4.22. The summed E-state index contributed by atoms with van der Waals surface area (Å²) in [6.45, 7) is 1.97. The van der Waals surface area contributed by atoms with Gasteiger partial charge in [0.25, 0.3) is 0 Å². The van der Waals surface area contributed by atoms with Gasteiger partial charge in [0.2, 0.25) is 5.95 Å². The van der Waals surface area contributed by atoms with Crippen LogP contribution in [0.4, 0.5) is 5.95 Å². The molecule has 1 aliphatic rings. The lowest BCUT2D eigenvalue weighted by atomic mass is 9.91. The zero-order valence-corrected chi connectivity index (χ0v) is 9.11. The highest BCUT2D eigenvalue weighted by atomic mass is 15.1. The topological polar surface area (TPSA) is 63.8 Å². The quantitative estimate of drug-likeness (QED) is 0.769. The molecule has 2 atom stereocenters. The van der Waals surface area contributed by atoms with E-state index in [1.165, 1.54) is 12.8 Å². The van der Waals surface area contributed by atoms with Crippen molar-refractivity contribution in [3.8, 4) is 0 Å². The highest BCUT2D eigenvalue weighted by Crippen LogP contribution is 2.19. The molecule has 2 rings (SSSR count). The van der Waals surface area contributed by atoms with Crippen molar-refractivity contribution in [3.05, 3.63) is 18.0 Å². The Balaban J connectivity index is 2.01. The van der Waals surface area contributed by atoms with Crippen molar-refractivity contribution in [1.29, 1.82) is 0 Å². The minimum atomic E-state index is 0.239. The van der Waals surface area contributed by atoms with Crippen molar-refractivity contribution in [2.45, 2.75) is 44.7 Å². The molecular formula is C11H18N4. The first kappa shape index (κ1) is 10.4. The summed E-state index contributed by atoms with van der Waals surface area (Å²) in [4.78, 5) is 8.51. The summed E-state index contributed by atoms with van der Waals surface area (Å²) in [5.74, 6) is 0.706. The van der Waals surface area contributed by atoms with Crippen molar-refractivity contribution < 1.29 is 0 Å². The van der Waals surface area contributed by atoms with Crippen LogP contribution >= 0.6 is 0 Å². The van der Waals surface area contributed by atoms with Crippen LogP contribution in [0.15, 0.2) is 12.3 Å². The zero-order valence-electron chi connectivity index (χ0n) is 9.11.